The van der Waals surface area contributed by atoms with Crippen molar-refractivity contribution in [1.29, 1.82) is 0 Å². The highest BCUT2D eigenvalue weighted by Gasteiger charge is 2.31. The van der Waals surface area contributed by atoms with E-state index in [9.17, 15) is 4.21 Å². The monoisotopic (exact) mass is 403 g/mol. The van der Waals surface area contributed by atoms with Crippen LogP contribution in [0.4, 0.5) is 5.82 Å². The third-order valence-electron chi connectivity index (χ3n) is 6.27. The molecule has 0 spiro atoms. The van der Waals surface area contributed by atoms with Gasteiger partial charge in [-0.3, -0.25) is 0 Å². The van der Waals surface area contributed by atoms with Gasteiger partial charge in [-0.05, 0) is 62.8 Å². The Morgan fingerprint density at radius 2 is 1.82 bits per heavy atom. The summed E-state index contributed by atoms with van der Waals surface area (Å²) >= 11 is 0. The van der Waals surface area contributed by atoms with Crippen molar-refractivity contribution in [3.05, 3.63) is 18.6 Å². The second-order valence-electron chi connectivity index (χ2n) is 8.62. The van der Waals surface area contributed by atoms with Gasteiger partial charge in [0, 0.05) is 47.1 Å². The Kier molecular flexibility index (Phi) is 5.90. The number of hydrogen-bond acceptors (Lipinski definition) is 5. The van der Waals surface area contributed by atoms with Gasteiger partial charge in [0.1, 0.15) is 17.8 Å². The van der Waals surface area contributed by atoms with Gasteiger partial charge in [0.15, 0.2) is 0 Å². The van der Waals surface area contributed by atoms with Gasteiger partial charge in [0.05, 0.1) is 5.39 Å². The third kappa shape index (κ3) is 4.50. The molecule has 2 heterocycles. The van der Waals surface area contributed by atoms with Gasteiger partial charge in [-0.15, -0.1) is 0 Å². The van der Waals surface area contributed by atoms with Crippen molar-refractivity contribution >= 4 is 26.6 Å². The topological polar surface area (TPSA) is 74.2 Å². The molecule has 2 aliphatic rings. The Morgan fingerprint density at radius 1 is 1.14 bits per heavy atom. The largest absolute Gasteiger partial charge is 0.356 e. The molecule has 2 saturated carbocycles. The highest BCUT2D eigenvalue weighted by Crippen LogP contribution is 2.35. The molecule has 0 aliphatic heterocycles. The predicted octanol–water partition coefficient (Wildman–Crippen LogP) is 4.24. The number of hydrogen-bond donors (Lipinski definition) is 1. The van der Waals surface area contributed by atoms with E-state index in [1.165, 1.54) is 12.8 Å². The Hall–Kier alpha value is -1.63. The first-order chi connectivity index (χ1) is 13.6. The van der Waals surface area contributed by atoms with Crippen molar-refractivity contribution in [2.24, 2.45) is 16.2 Å². The minimum atomic E-state index is -2.01. The minimum Gasteiger partial charge on any atom is -0.356 e. The van der Waals surface area contributed by atoms with Crippen molar-refractivity contribution in [3.8, 4) is 0 Å². The molecule has 154 valence electrons. The lowest BCUT2D eigenvalue weighted by Crippen LogP contribution is -2.37. The normalized spacial score (nSPS) is 24.8. The van der Waals surface area contributed by atoms with Crippen LogP contribution in [0.2, 0.25) is 0 Å². The second kappa shape index (κ2) is 8.39. The number of nitrogens with one attached hydrogen (secondary N) is 1. The smallest absolute Gasteiger partial charge is 0.142 e. The summed E-state index contributed by atoms with van der Waals surface area (Å²) in [5, 5.41) is 1.08. The van der Waals surface area contributed by atoms with Crippen LogP contribution in [0.25, 0.3) is 11.0 Å². The van der Waals surface area contributed by atoms with Gasteiger partial charge in [0.25, 0.3) is 0 Å². The molecule has 2 aliphatic carbocycles. The van der Waals surface area contributed by atoms with Crippen LogP contribution >= 0.6 is 0 Å². The lowest BCUT2D eigenvalue weighted by molar-refractivity contribution is 0.342. The zero-order chi connectivity index (χ0) is 19.6. The maximum absolute atomic E-state index is 13.4. The average Bonchev–Trinajstić information content (AvgIpc) is 3.37. The molecule has 0 amide bonds. The summed E-state index contributed by atoms with van der Waals surface area (Å²) in [6.07, 6.45) is 11.6. The number of rotatable bonds is 8. The summed E-state index contributed by atoms with van der Waals surface area (Å²) in [7, 11) is 0.133. The maximum atomic E-state index is 13.4. The van der Waals surface area contributed by atoms with Crippen LogP contribution < -0.4 is 4.90 Å². The van der Waals surface area contributed by atoms with Gasteiger partial charge in [-0.2, -0.15) is 0 Å². The van der Waals surface area contributed by atoms with E-state index in [-0.39, 0.29) is 0 Å². The van der Waals surface area contributed by atoms with Crippen LogP contribution in [0.15, 0.2) is 23.0 Å². The van der Waals surface area contributed by atoms with Crippen molar-refractivity contribution < 1.29 is 4.21 Å². The zero-order valence-electron chi connectivity index (χ0n) is 17.1. The van der Waals surface area contributed by atoms with Crippen molar-refractivity contribution in [1.82, 2.24) is 15.0 Å². The molecule has 0 aromatic carbocycles. The van der Waals surface area contributed by atoms with Crippen LogP contribution in [0.1, 0.15) is 51.9 Å². The molecular weight excluding hydrogens is 370 g/mol. The minimum absolute atomic E-state index is 0.483. The van der Waals surface area contributed by atoms with E-state index in [2.05, 4.69) is 44.3 Å². The Morgan fingerprint density at radius 3 is 2.46 bits per heavy atom. The Balaban J connectivity index is 1.38. The van der Waals surface area contributed by atoms with Crippen molar-refractivity contribution in [3.63, 3.8) is 0 Å². The molecule has 0 radical (unpaired) electrons. The number of aromatic amines is 1. The highest BCUT2D eigenvalue weighted by atomic mass is 32.2. The number of nitrogens with zero attached hydrogens (tertiary/aromatic N) is 4. The van der Waals surface area contributed by atoms with E-state index < -0.39 is 9.73 Å². The molecule has 1 atom stereocenters. The van der Waals surface area contributed by atoms with Gasteiger partial charge in [0.2, 0.25) is 0 Å². The molecule has 2 aromatic rings. The summed E-state index contributed by atoms with van der Waals surface area (Å²) in [5.74, 6) is 3.89. The second-order valence-corrected chi connectivity index (χ2v) is 11.1. The molecular formula is C21H33N5OS. The number of aromatic nitrogens is 3. The summed E-state index contributed by atoms with van der Waals surface area (Å²) in [6.45, 7) is 2.88. The van der Waals surface area contributed by atoms with Crippen molar-refractivity contribution in [2.75, 3.05) is 30.0 Å². The Labute approximate surface area is 168 Å². The standard InChI is InChI=1S/C21H33N5OS/c1-3-11-25-28(27,13-16-4-5-16)14-17-6-8-18(9-7-17)26(2)21-19-10-12-22-20(19)23-15-24-21/h10,12,15-18H,3-9,11,13-14H2,1-2H3,(H,22,23,24). The van der Waals surface area contributed by atoms with E-state index in [1.807, 2.05) is 6.20 Å². The Bertz CT molecular complexity index is 904. The first-order valence-corrected chi connectivity index (χ1v) is 12.6. The van der Waals surface area contributed by atoms with Crippen LogP contribution in [0.5, 0.6) is 0 Å². The first kappa shape index (κ1) is 19.7. The molecule has 0 saturated heterocycles. The number of H-pyrrole nitrogens is 1. The van der Waals surface area contributed by atoms with Gasteiger partial charge in [-0.1, -0.05) is 6.92 Å². The van der Waals surface area contributed by atoms with Gasteiger partial charge >= 0.3 is 0 Å². The third-order valence-corrected chi connectivity index (χ3v) is 8.91. The summed E-state index contributed by atoms with van der Waals surface area (Å²) < 4.78 is 18.1. The molecule has 0 bridgehead atoms. The fraction of sp³-hybridized carbons (Fsp3) is 0.714. The predicted molar refractivity (Wildman–Crippen MR) is 116 cm³/mol. The van der Waals surface area contributed by atoms with Gasteiger partial charge in [-0.25, -0.2) is 18.5 Å². The number of anilines is 1. The van der Waals surface area contributed by atoms with Crippen LogP contribution in [-0.4, -0.2) is 50.3 Å². The lowest BCUT2D eigenvalue weighted by Gasteiger charge is -2.35. The zero-order valence-corrected chi connectivity index (χ0v) is 18.0. The molecule has 28 heavy (non-hydrogen) atoms. The van der Waals surface area contributed by atoms with Crippen LogP contribution in [0.3, 0.4) is 0 Å². The average molecular weight is 404 g/mol. The summed E-state index contributed by atoms with van der Waals surface area (Å²) in [4.78, 5) is 14.3. The fourth-order valence-corrected chi connectivity index (χ4v) is 7.47. The molecule has 6 nitrogen and oxygen atoms in total. The van der Waals surface area contributed by atoms with E-state index in [4.69, 9.17) is 0 Å². The van der Waals surface area contributed by atoms with Crippen LogP contribution in [0, 0.1) is 11.8 Å². The van der Waals surface area contributed by atoms with Crippen LogP contribution in [-0.2, 0) is 9.73 Å². The molecule has 2 fully saturated rings. The summed E-state index contributed by atoms with van der Waals surface area (Å²) in [5.41, 5.74) is 0.892. The first-order valence-electron chi connectivity index (χ1n) is 10.8. The molecule has 4 rings (SSSR count). The quantitative estimate of drug-likeness (QED) is 0.715. The van der Waals surface area contributed by atoms with E-state index >= 15 is 0 Å². The van der Waals surface area contributed by atoms with E-state index in [1.54, 1.807) is 6.33 Å². The van der Waals surface area contributed by atoms with Gasteiger partial charge < -0.3 is 9.88 Å². The lowest BCUT2D eigenvalue weighted by atomic mass is 9.86. The highest BCUT2D eigenvalue weighted by molar-refractivity contribution is 7.93. The van der Waals surface area contributed by atoms with E-state index in [0.717, 1.165) is 67.0 Å². The molecule has 2 aromatic heterocycles. The molecule has 1 unspecified atom stereocenters. The fourth-order valence-electron chi connectivity index (χ4n) is 4.46. The molecule has 7 heteroatoms. The molecule has 1 N–H and O–H groups in total. The van der Waals surface area contributed by atoms with E-state index in [0.29, 0.717) is 17.9 Å². The SMILES string of the molecule is CCCN=S(=O)(CC1CC1)CC1CCC(N(C)c2ncnc3[nH]ccc23)CC1. The summed E-state index contributed by atoms with van der Waals surface area (Å²) in [6, 6.07) is 2.53. The maximum Gasteiger partial charge on any atom is 0.142 e. The number of fused-ring (bicyclic) bond motifs is 1. The van der Waals surface area contributed by atoms with Crippen molar-refractivity contribution in [2.45, 2.75) is 57.9 Å².